The number of carbonyl (C=O) groups excluding carboxylic acids is 2. The summed E-state index contributed by atoms with van der Waals surface area (Å²) in [5, 5.41) is 16.4. The highest BCUT2D eigenvalue weighted by atomic mass is 32.2. The number of rotatable bonds is 12. The molecule has 166 valence electrons. The van der Waals surface area contributed by atoms with Gasteiger partial charge in [-0.05, 0) is 55.7 Å². The molecule has 2 aromatic rings. The second-order valence-corrected chi connectivity index (χ2v) is 8.20. The average Bonchev–Trinajstić information content (AvgIpc) is 2.77. The number of nitrogens with zero attached hydrogens (tertiary/aromatic N) is 2. The van der Waals surface area contributed by atoms with Crippen LogP contribution in [0.15, 0.2) is 53.4 Å². The van der Waals surface area contributed by atoms with Crippen molar-refractivity contribution in [3.05, 3.63) is 64.2 Å². The molecule has 2 aromatic carbocycles. The van der Waals surface area contributed by atoms with Gasteiger partial charge in [-0.3, -0.25) is 19.7 Å². The van der Waals surface area contributed by atoms with Crippen molar-refractivity contribution in [3.8, 4) is 0 Å². The van der Waals surface area contributed by atoms with Gasteiger partial charge in [-0.15, -0.1) is 11.8 Å². The Hall–Kier alpha value is -3.07. The quantitative estimate of drug-likeness (QED) is 0.225. The number of carbonyl (C=O) groups is 2. The van der Waals surface area contributed by atoms with Crippen molar-refractivity contribution in [2.75, 3.05) is 37.8 Å². The highest BCUT2D eigenvalue weighted by Gasteiger charge is 2.07. The fraction of sp³-hybridized carbons (Fsp3) is 0.364. The Balaban J connectivity index is 1.53. The van der Waals surface area contributed by atoms with E-state index < -0.39 is 4.92 Å². The number of benzene rings is 2. The summed E-state index contributed by atoms with van der Waals surface area (Å²) in [7, 11) is 3.91. The fourth-order valence-electron chi connectivity index (χ4n) is 2.73. The van der Waals surface area contributed by atoms with E-state index in [2.05, 4.69) is 10.6 Å². The number of nitro groups is 1. The van der Waals surface area contributed by atoms with Gasteiger partial charge in [0.25, 0.3) is 11.6 Å². The van der Waals surface area contributed by atoms with Gasteiger partial charge in [-0.25, -0.2) is 0 Å². The molecule has 2 N–H and O–H groups in total. The Morgan fingerprint density at radius 1 is 0.935 bits per heavy atom. The van der Waals surface area contributed by atoms with Gasteiger partial charge in [0, 0.05) is 55.5 Å². The summed E-state index contributed by atoms with van der Waals surface area (Å²) >= 11 is 1.34. The predicted octanol–water partition coefficient (Wildman–Crippen LogP) is 3.47. The van der Waals surface area contributed by atoms with Crippen LogP contribution in [0.25, 0.3) is 0 Å². The molecule has 0 saturated heterocycles. The van der Waals surface area contributed by atoms with Crippen molar-refractivity contribution in [2.45, 2.75) is 24.2 Å². The first-order chi connectivity index (χ1) is 14.9. The summed E-state index contributed by atoms with van der Waals surface area (Å²) in [5.74, 6) is 0.111. The molecule has 0 aliphatic heterocycles. The molecule has 0 radical (unpaired) electrons. The van der Waals surface area contributed by atoms with Gasteiger partial charge in [0.1, 0.15) is 0 Å². The molecule has 31 heavy (non-hydrogen) atoms. The number of amides is 2. The molecule has 2 rings (SSSR count). The van der Waals surface area contributed by atoms with Crippen molar-refractivity contribution in [1.29, 1.82) is 0 Å². The normalized spacial score (nSPS) is 10.4. The standard InChI is InChI=1S/C22H28N4O4S/c1-25(2)18-8-6-17(7-9-18)22(28)24-15-5-3-4-14-23-21(27)16-31-20-12-10-19(11-13-20)26(29)30/h6-13H,3-5,14-16H2,1-2H3,(H,23,27)(H,24,28). The molecule has 0 aliphatic carbocycles. The summed E-state index contributed by atoms with van der Waals surface area (Å²) in [4.78, 5) is 37.0. The molecule has 0 aliphatic rings. The number of nitro benzene ring substituents is 1. The van der Waals surface area contributed by atoms with Gasteiger partial charge >= 0.3 is 0 Å². The smallest absolute Gasteiger partial charge is 0.269 e. The number of thioether (sulfide) groups is 1. The molecular formula is C22H28N4O4S. The van der Waals surface area contributed by atoms with Crippen LogP contribution in [-0.2, 0) is 4.79 Å². The van der Waals surface area contributed by atoms with Crippen LogP contribution in [0.5, 0.6) is 0 Å². The molecule has 0 atom stereocenters. The molecule has 0 heterocycles. The predicted molar refractivity (Wildman–Crippen MR) is 124 cm³/mol. The number of anilines is 1. The Morgan fingerprint density at radius 3 is 2.13 bits per heavy atom. The number of hydrogen-bond acceptors (Lipinski definition) is 6. The minimum atomic E-state index is -0.449. The molecular weight excluding hydrogens is 416 g/mol. The zero-order chi connectivity index (χ0) is 22.6. The maximum Gasteiger partial charge on any atom is 0.269 e. The van der Waals surface area contributed by atoms with E-state index in [-0.39, 0.29) is 23.3 Å². The minimum Gasteiger partial charge on any atom is -0.378 e. The first-order valence-corrected chi connectivity index (χ1v) is 11.0. The number of nitrogens with one attached hydrogen (secondary N) is 2. The topological polar surface area (TPSA) is 105 Å². The lowest BCUT2D eigenvalue weighted by Crippen LogP contribution is -2.27. The summed E-state index contributed by atoms with van der Waals surface area (Å²) in [6.45, 7) is 1.18. The van der Waals surface area contributed by atoms with Crippen LogP contribution in [0.4, 0.5) is 11.4 Å². The maximum absolute atomic E-state index is 12.1. The highest BCUT2D eigenvalue weighted by molar-refractivity contribution is 8.00. The Labute approximate surface area is 186 Å². The third kappa shape index (κ3) is 8.67. The van der Waals surface area contributed by atoms with E-state index in [1.165, 1.54) is 23.9 Å². The third-order valence-electron chi connectivity index (χ3n) is 4.52. The van der Waals surface area contributed by atoms with Crippen LogP contribution >= 0.6 is 11.8 Å². The van der Waals surface area contributed by atoms with Crippen LogP contribution in [0.2, 0.25) is 0 Å². The second-order valence-electron chi connectivity index (χ2n) is 7.15. The first-order valence-electron chi connectivity index (χ1n) is 10.1. The van der Waals surface area contributed by atoms with Crippen molar-refractivity contribution < 1.29 is 14.5 Å². The van der Waals surface area contributed by atoms with Gasteiger partial charge in [0.2, 0.25) is 5.91 Å². The molecule has 0 fully saturated rings. The Bertz CT molecular complexity index is 870. The van der Waals surface area contributed by atoms with Crippen molar-refractivity contribution in [3.63, 3.8) is 0 Å². The van der Waals surface area contributed by atoms with E-state index in [1.807, 2.05) is 43.3 Å². The SMILES string of the molecule is CN(C)c1ccc(C(=O)NCCCCCNC(=O)CSc2ccc([N+](=O)[O-])cc2)cc1. The average molecular weight is 445 g/mol. The first kappa shape index (κ1) is 24.2. The molecule has 8 nitrogen and oxygen atoms in total. The molecule has 0 bridgehead atoms. The molecule has 0 saturated carbocycles. The van der Waals surface area contributed by atoms with E-state index in [0.29, 0.717) is 18.7 Å². The van der Waals surface area contributed by atoms with Crippen molar-refractivity contribution in [2.24, 2.45) is 0 Å². The molecule has 2 amide bonds. The van der Waals surface area contributed by atoms with Crippen LogP contribution in [0.1, 0.15) is 29.6 Å². The van der Waals surface area contributed by atoms with Crippen LogP contribution in [0.3, 0.4) is 0 Å². The van der Waals surface area contributed by atoms with Gasteiger partial charge < -0.3 is 15.5 Å². The maximum atomic E-state index is 12.1. The van der Waals surface area contributed by atoms with Crippen LogP contribution < -0.4 is 15.5 Å². The summed E-state index contributed by atoms with van der Waals surface area (Å²) in [6.07, 6.45) is 2.58. The van der Waals surface area contributed by atoms with E-state index >= 15 is 0 Å². The monoisotopic (exact) mass is 444 g/mol. The lowest BCUT2D eigenvalue weighted by atomic mass is 10.2. The molecule has 0 aromatic heterocycles. The van der Waals surface area contributed by atoms with Gasteiger partial charge in [-0.2, -0.15) is 0 Å². The van der Waals surface area contributed by atoms with Gasteiger partial charge in [0.05, 0.1) is 10.7 Å². The highest BCUT2D eigenvalue weighted by Crippen LogP contribution is 2.21. The lowest BCUT2D eigenvalue weighted by Gasteiger charge is -2.12. The zero-order valence-electron chi connectivity index (χ0n) is 17.8. The number of non-ortho nitro benzene ring substituents is 1. The van der Waals surface area contributed by atoms with Crippen molar-refractivity contribution >= 4 is 35.0 Å². The van der Waals surface area contributed by atoms with Crippen molar-refractivity contribution in [1.82, 2.24) is 10.6 Å². The van der Waals surface area contributed by atoms with Gasteiger partial charge in [0.15, 0.2) is 0 Å². The second kappa shape index (κ2) is 12.6. The van der Waals surface area contributed by atoms with E-state index in [0.717, 1.165) is 29.8 Å². The Morgan fingerprint density at radius 2 is 1.55 bits per heavy atom. The molecule has 9 heteroatoms. The molecule has 0 spiro atoms. The van der Waals surface area contributed by atoms with Crippen LogP contribution in [0, 0.1) is 10.1 Å². The summed E-state index contributed by atoms with van der Waals surface area (Å²) in [6, 6.07) is 13.6. The zero-order valence-corrected chi connectivity index (χ0v) is 18.6. The summed E-state index contributed by atoms with van der Waals surface area (Å²) in [5.41, 5.74) is 1.72. The molecule has 0 unspecified atom stereocenters. The third-order valence-corrected chi connectivity index (χ3v) is 5.54. The van der Waals surface area contributed by atoms with E-state index in [9.17, 15) is 19.7 Å². The van der Waals surface area contributed by atoms with Crippen LogP contribution in [-0.4, -0.2) is 49.7 Å². The largest absolute Gasteiger partial charge is 0.378 e. The fourth-order valence-corrected chi connectivity index (χ4v) is 3.46. The minimum absolute atomic E-state index is 0.0345. The lowest BCUT2D eigenvalue weighted by molar-refractivity contribution is -0.384. The van der Waals surface area contributed by atoms with Gasteiger partial charge in [-0.1, -0.05) is 0 Å². The van der Waals surface area contributed by atoms with E-state index in [1.54, 1.807) is 12.1 Å². The Kier molecular flexibility index (Phi) is 9.83. The number of hydrogen-bond donors (Lipinski definition) is 2. The summed E-state index contributed by atoms with van der Waals surface area (Å²) < 4.78 is 0. The van der Waals surface area contributed by atoms with E-state index in [4.69, 9.17) is 0 Å². The number of unbranched alkanes of at least 4 members (excludes halogenated alkanes) is 2.